The first-order valence-electron chi connectivity index (χ1n) is 5.32. The van der Waals surface area contributed by atoms with Crippen molar-refractivity contribution in [2.24, 2.45) is 0 Å². The van der Waals surface area contributed by atoms with Gasteiger partial charge in [-0.3, -0.25) is 4.79 Å². The zero-order valence-electron chi connectivity index (χ0n) is 10.2. The van der Waals surface area contributed by atoms with Gasteiger partial charge in [0.2, 0.25) is 10.0 Å². The maximum absolute atomic E-state index is 11.8. The topological polar surface area (TPSA) is 100 Å². The van der Waals surface area contributed by atoms with E-state index in [1.807, 2.05) is 0 Å². The van der Waals surface area contributed by atoms with Gasteiger partial charge in [-0.2, -0.15) is 0 Å². The van der Waals surface area contributed by atoms with Crippen LogP contribution >= 0.6 is 0 Å². The number of hydrogen-bond acceptors (Lipinski definition) is 5. The molecule has 1 heterocycles. The summed E-state index contributed by atoms with van der Waals surface area (Å²) in [5.74, 6) is -0.0741. The Balaban J connectivity index is 2.61. The molecule has 0 aliphatic carbocycles. The molecule has 0 saturated heterocycles. The highest BCUT2D eigenvalue weighted by Crippen LogP contribution is 2.09. The largest absolute Gasteiger partial charge is 0.372 e. The second kappa shape index (κ2) is 6.31. The van der Waals surface area contributed by atoms with Crippen LogP contribution < -0.4 is 15.4 Å². The maximum Gasteiger partial charge on any atom is 0.255 e. The summed E-state index contributed by atoms with van der Waals surface area (Å²) in [6.07, 6.45) is 1.56. The SMILES string of the molecule is CNc1ncccc1C(=O)NCCS(=O)(=O)NC. The third-order valence-corrected chi connectivity index (χ3v) is 3.62. The monoisotopic (exact) mass is 272 g/mol. The molecule has 1 aromatic heterocycles. The Kier molecular flexibility index (Phi) is 5.05. The van der Waals surface area contributed by atoms with E-state index in [9.17, 15) is 13.2 Å². The molecular formula is C10H16N4O3S. The predicted molar refractivity (Wildman–Crippen MR) is 69.0 cm³/mol. The summed E-state index contributed by atoms with van der Waals surface area (Å²) in [4.78, 5) is 15.8. The number of hydrogen-bond donors (Lipinski definition) is 3. The van der Waals surface area contributed by atoms with Crippen molar-refractivity contribution in [2.75, 3.05) is 31.7 Å². The smallest absolute Gasteiger partial charge is 0.255 e. The van der Waals surface area contributed by atoms with Crippen molar-refractivity contribution in [2.45, 2.75) is 0 Å². The number of carbonyl (C=O) groups is 1. The first-order valence-corrected chi connectivity index (χ1v) is 6.97. The van der Waals surface area contributed by atoms with Gasteiger partial charge in [-0.1, -0.05) is 0 Å². The van der Waals surface area contributed by atoms with Crippen LogP contribution in [-0.2, 0) is 10.0 Å². The Morgan fingerprint density at radius 2 is 2.11 bits per heavy atom. The lowest BCUT2D eigenvalue weighted by molar-refractivity contribution is 0.0956. The summed E-state index contributed by atoms with van der Waals surface area (Å²) in [5.41, 5.74) is 0.377. The van der Waals surface area contributed by atoms with Gasteiger partial charge in [0, 0.05) is 19.8 Å². The third kappa shape index (κ3) is 3.97. The average Bonchev–Trinajstić information content (AvgIpc) is 2.38. The Morgan fingerprint density at radius 1 is 1.39 bits per heavy atom. The number of nitrogens with zero attached hydrogens (tertiary/aromatic N) is 1. The molecular weight excluding hydrogens is 256 g/mol. The van der Waals surface area contributed by atoms with Gasteiger partial charge in [-0.25, -0.2) is 18.1 Å². The van der Waals surface area contributed by atoms with Crippen molar-refractivity contribution in [3.05, 3.63) is 23.9 Å². The lowest BCUT2D eigenvalue weighted by atomic mass is 10.2. The van der Waals surface area contributed by atoms with Crippen molar-refractivity contribution in [3.63, 3.8) is 0 Å². The number of sulfonamides is 1. The molecule has 3 N–H and O–H groups in total. The molecule has 0 saturated carbocycles. The molecule has 0 radical (unpaired) electrons. The summed E-state index contributed by atoms with van der Waals surface area (Å²) in [7, 11) is -0.321. The molecule has 8 heteroatoms. The molecule has 0 fully saturated rings. The van der Waals surface area contributed by atoms with Gasteiger partial charge in [0.05, 0.1) is 11.3 Å². The second-order valence-electron chi connectivity index (χ2n) is 3.43. The van der Waals surface area contributed by atoms with E-state index < -0.39 is 10.0 Å². The van der Waals surface area contributed by atoms with Crippen LogP contribution in [0.25, 0.3) is 0 Å². The normalized spacial score (nSPS) is 11.0. The molecule has 0 atom stereocenters. The number of carbonyl (C=O) groups excluding carboxylic acids is 1. The van der Waals surface area contributed by atoms with E-state index >= 15 is 0 Å². The van der Waals surface area contributed by atoms with Crippen LogP contribution in [0.1, 0.15) is 10.4 Å². The molecule has 0 unspecified atom stereocenters. The van der Waals surface area contributed by atoms with Crippen molar-refractivity contribution in [1.29, 1.82) is 0 Å². The minimum atomic E-state index is -3.31. The van der Waals surface area contributed by atoms with Crippen LogP contribution in [0.15, 0.2) is 18.3 Å². The molecule has 100 valence electrons. The van der Waals surface area contributed by atoms with Gasteiger partial charge < -0.3 is 10.6 Å². The zero-order valence-corrected chi connectivity index (χ0v) is 11.0. The molecule has 7 nitrogen and oxygen atoms in total. The summed E-state index contributed by atoms with van der Waals surface area (Å²) in [5, 5.41) is 5.32. The number of nitrogens with one attached hydrogen (secondary N) is 3. The maximum atomic E-state index is 11.8. The van der Waals surface area contributed by atoms with Crippen LogP contribution in [0.3, 0.4) is 0 Å². The minimum Gasteiger partial charge on any atom is -0.372 e. The van der Waals surface area contributed by atoms with Crippen LogP contribution in [0.4, 0.5) is 5.82 Å². The lowest BCUT2D eigenvalue weighted by Crippen LogP contribution is -2.33. The number of amides is 1. The molecule has 0 aliphatic rings. The fourth-order valence-electron chi connectivity index (χ4n) is 1.28. The van der Waals surface area contributed by atoms with E-state index in [1.165, 1.54) is 7.05 Å². The van der Waals surface area contributed by atoms with Crippen LogP contribution in [0.2, 0.25) is 0 Å². The highest BCUT2D eigenvalue weighted by Gasteiger charge is 2.12. The fourth-order valence-corrected chi connectivity index (χ4v) is 1.86. The van der Waals surface area contributed by atoms with E-state index in [0.717, 1.165) is 0 Å². The first-order chi connectivity index (χ1) is 8.50. The van der Waals surface area contributed by atoms with E-state index in [-0.39, 0.29) is 18.2 Å². The summed E-state index contributed by atoms with van der Waals surface area (Å²) in [6, 6.07) is 3.25. The molecule has 0 aliphatic heterocycles. The number of anilines is 1. The summed E-state index contributed by atoms with van der Waals surface area (Å²) >= 11 is 0. The molecule has 1 rings (SSSR count). The van der Waals surface area contributed by atoms with E-state index in [2.05, 4.69) is 20.3 Å². The summed E-state index contributed by atoms with van der Waals surface area (Å²) < 4.78 is 24.5. The highest BCUT2D eigenvalue weighted by atomic mass is 32.2. The predicted octanol–water partition coefficient (Wildman–Crippen LogP) is -0.598. The van der Waals surface area contributed by atoms with Crippen molar-refractivity contribution in [1.82, 2.24) is 15.0 Å². The van der Waals surface area contributed by atoms with Crippen molar-refractivity contribution >= 4 is 21.7 Å². The van der Waals surface area contributed by atoms with Crippen molar-refractivity contribution in [3.8, 4) is 0 Å². The number of aromatic nitrogens is 1. The van der Waals surface area contributed by atoms with E-state index in [0.29, 0.717) is 11.4 Å². The first kappa shape index (κ1) is 14.4. The molecule has 1 amide bonds. The third-order valence-electron chi connectivity index (χ3n) is 2.26. The average molecular weight is 272 g/mol. The van der Waals surface area contributed by atoms with E-state index in [1.54, 1.807) is 25.4 Å². The molecule has 0 spiro atoms. The number of pyridine rings is 1. The van der Waals surface area contributed by atoms with Gasteiger partial charge in [0.25, 0.3) is 5.91 Å². The quantitative estimate of drug-likeness (QED) is 0.642. The molecule has 0 aromatic carbocycles. The van der Waals surface area contributed by atoms with Gasteiger partial charge in [0.15, 0.2) is 0 Å². The van der Waals surface area contributed by atoms with Crippen molar-refractivity contribution < 1.29 is 13.2 Å². The van der Waals surface area contributed by atoms with E-state index in [4.69, 9.17) is 0 Å². The minimum absolute atomic E-state index is 0.0417. The highest BCUT2D eigenvalue weighted by molar-refractivity contribution is 7.89. The second-order valence-corrected chi connectivity index (χ2v) is 5.47. The summed E-state index contributed by atoms with van der Waals surface area (Å²) in [6.45, 7) is 0.0417. The molecule has 1 aromatic rings. The Labute approximate surface area is 106 Å². The zero-order chi connectivity index (χ0) is 13.6. The molecule has 0 bridgehead atoms. The fraction of sp³-hybridized carbons (Fsp3) is 0.400. The standard InChI is InChI=1S/C10H16N4O3S/c1-11-9-8(4-3-5-13-9)10(15)14-6-7-18(16,17)12-2/h3-5,12H,6-7H2,1-2H3,(H,11,13)(H,14,15). The lowest BCUT2D eigenvalue weighted by Gasteiger charge is -2.08. The van der Waals surface area contributed by atoms with Gasteiger partial charge in [0.1, 0.15) is 5.82 Å². The van der Waals surface area contributed by atoms with Crippen LogP contribution in [-0.4, -0.2) is 45.7 Å². The Morgan fingerprint density at radius 3 is 2.72 bits per heavy atom. The Bertz CT molecular complexity index is 516. The van der Waals surface area contributed by atoms with Crippen LogP contribution in [0.5, 0.6) is 0 Å². The number of rotatable bonds is 6. The molecule has 18 heavy (non-hydrogen) atoms. The van der Waals surface area contributed by atoms with Gasteiger partial charge >= 0.3 is 0 Å². The van der Waals surface area contributed by atoms with Gasteiger partial charge in [-0.05, 0) is 19.2 Å². The Hall–Kier alpha value is -1.67. The van der Waals surface area contributed by atoms with Crippen LogP contribution in [0, 0.1) is 0 Å². The van der Waals surface area contributed by atoms with Gasteiger partial charge in [-0.15, -0.1) is 0 Å².